The lowest BCUT2D eigenvalue weighted by molar-refractivity contribution is 0.0125. The Kier molecular flexibility index (Phi) is 3.91. The van der Waals surface area contributed by atoms with Crippen LogP contribution in [0.15, 0.2) is 0 Å². The molecule has 0 aromatic rings. The van der Waals surface area contributed by atoms with Gasteiger partial charge in [-0.25, -0.2) is 0 Å². The predicted molar refractivity (Wildman–Crippen MR) is 69.7 cm³/mol. The third kappa shape index (κ3) is 2.60. The Morgan fingerprint density at radius 1 is 1.38 bits per heavy atom. The molecule has 2 fully saturated rings. The second-order valence-electron chi connectivity index (χ2n) is 6.20. The molecule has 0 aromatic carbocycles. The molecule has 1 aliphatic heterocycles. The third-order valence-corrected chi connectivity index (χ3v) is 4.72. The van der Waals surface area contributed by atoms with Crippen molar-refractivity contribution in [3.8, 4) is 0 Å². The highest BCUT2D eigenvalue weighted by molar-refractivity contribution is 4.95. The maximum Gasteiger partial charge on any atom is 0.0181 e. The molecule has 1 saturated carbocycles. The summed E-state index contributed by atoms with van der Waals surface area (Å²) >= 11 is 0. The van der Waals surface area contributed by atoms with Gasteiger partial charge in [-0.15, -0.1) is 0 Å². The van der Waals surface area contributed by atoms with Crippen LogP contribution in [0.1, 0.15) is 52.9 Å². The first-order valence-electron chi connectivity index (χ1n) is 7.12. The van der Waals surface area contributed by atoms with E-state index in [0.717, 1.165) is 12.0 Å². The molecule has 0 bridgehead atoms. The van der Waals surface area contributed by atoms with E-state index in [1.807, 2.05) is 0 Å². The van der Waals surface area contributed by atoms with Crippen molar-refractivity contribution < 1.29 is 0 Å². The molecule has 1 heterocycles. The number of nitrogens with one attached hydrogen (secondary N) is 1. The van der Waals surface area contributed by atoms with E-state index in [1.54, 1.807) is 0 Å². The predicted octanol–water partition coefficient (Wildman–Crippen LogP) is 2.64. The van der Waals surface area contributed by atoms with Gasteiger partial charge < -0.3 is 5.32 Å². The summed E-state index contributed by atoms with van der Waals surface area (Å²) < 4.78 is 0. The lowest BCUT2D eigenvalue weighted by atomic mass is 9.76. The highest BCUT2D eigenvalue weighted by Gasteiger charge is 2.38. The molecule has 0 amide bonds. The molecule has 0 spiro atoms. The normalized spacial score (nSPS) is 36.2. The van der Waals surface area contributed by atoms with Crippen LogP contribution in [0.2, 0.25) is 0 Å². The fraction of sp³-hybridized carbons (Fsp3) is 1.00. The molecule has 0 aromatic heterocycles. The van der Waals surface area contributed by atoms with Crippen LogP contribution in [0.25, 0.3) is 0 Å². The Morgan fingerprint density at radius 2 is 2.12 bits per heavy atom. The van der Waals surface area contributed by atoms with Crippen LogP contribution in [0.4, 0.5) is 0 Å². The molecule has 1 N–H and O–H groups in total. The van der Waals surface area contributed by atoms with Crippen molar-refractivity contribution in [2.24, 2.45) is 5.92 Å². The first-order valence-corrected chi connectivity index (χ1v) is 7.12. The van der Waals surface area contributed by atoms with Crippen molar-refractivity contribution in [1.29, 1.82) is 0 Å². The van der Waals surface area contributed by atoms with Gasteiger partial charge in [0.1, 0.15) is 0 Å². The summed E-state index contributed by atoms with van der Waals surface area (Å²) in [6, 6.07) is 0.744. The average molecular weight is 224 g/mol. The molecule has 16 heavy (non-hydrogen) atoms. The molecule has 2 aliphatic rings. The van der Waals surface area contributed by atoms with E-state index in [9.17, 15) is 0 Å². The lowest BCUT2D eigenvalue weighted by Crippen LogP contribution is -2.56. The molecular weight excluding hydrogens is 196 g/mol. The maximum atomic E-state index is 3.70. The average Bonchev–Trinajstić information content (AvgIpc) is 2.21. The Labute approximate surface area is 101 Å². The fourth-order valence-electron chi connectivity index (χ4n) is 3.16. The van der Waals surface area contributed by atoms with Gasteiger partial charge in [0.2, 0.25) is 0 Å². The monoisotopic (exact) mass is 224 g/mol. The van der Waals surface area contributed by atoms with Crippen molar-refractivity contribution >= 4 is 0 Å². The second kappa shape index (κ2) is 5.05. The molecular formula is C14H28N2. The van der Waals surface area contributed by atoms with E-state index in [1.165, 1.54) is 51.7 Å². The van der Waals surface area contributed by atoms with Gasteiger partial charge in [-0.1, -0.05) is 13.8 Å². The maximum absolute atomic E-state index is 3.70. The highest BCUT2D eigenvalue weighted by Crippen LogP contribution is 2.38. The Bertz CT molecular complexity index is 223. The van der Waals surface area contributed by atoms with Crippen LogP contribution in [-0.2, 0) is 0 Å². The zero-order chi connectivity index (χ0) is 11.6. The summed E-state index contributed by atoms with van der Waals surface area (Å²) in [5.41, 5.74) is 0.546. The third-order valence-electron chi connectivity index (χ3n) is 4.72. The smallest absolute Gasteiger partial charge is 0.0181 e. The van der Waals surface area contributed by atoms with Gasteiger partial charge in [-0.3, -0.25) is 4.90 Å². The van der Waals surface area contributed by atoms with E-state index in [4.69, 9.17) is 0 Å². The summed E-state index contributed by atoms with van der Waals surface area (Å²) in [7, 11) is 0. The van der Waals surface area contributed by atoms with Crippen molar-refractivity contribution in [3.63, 3.8) is 0 Å². The van der Waals surface area contributed by atoms with Crippen molar-refractivity contribution in [3.05, 3.63) is 0 Å². The molecule has 2 atom stereocenters. The van der Waals surface area contributed by atoms with Crippen LogP contribution in [-0.4, -0.2) is 36.1 Å². The second-order valence-corrected chi connectivity index (χ2v) is 6.20. The number of hydrogen-bond donors (Lipinski definition) is 1. The quantitative estimate of drug-likeness (QED) is 0.776. The van der Waals surface area contributed by atoms with E-state index >= 15 is 0 Å². The van der Waals surface area contributed by atoms with Crippen LogP contribution in [0.5, 0.6) is 0 Å². The zero-order valence-electron chi connectivity index (χ0n) is 11.3. The molecule has 0 radical (unpaired) electrons. The first kappa shape index (κ1) is 12.4. The summed E-state index contributed by atoms with van der Waals surface area (Å²) in [6.45, 7) is 11.0. The Morgan fingerprint density at radius 3 is 2.69 bits per heavy atom. The molecule has 2 heteroatoms. The van der Waals surface area contributed by atoms with Crippen LogP contribution in [0.3, 0.4) is 0 Å². The largest absolute Gasteiger partial charge is 0.314 e. The van der Waals surface area contributed by atoms with Gasteiger partial charge >= 0.3 is 0 Å². The SMILES string of the molecule is CCC1CCN(C2(C)CCC2)CC(C)CN1. The van der Waals surface area contributed by atoms with Crippen molar-refractivity contribution in [1.82, 2.24) is 10.2 Å². The molecule has 1 aliphatic carbocycles. The van der Waals surface area contributed by atoms with E-state index < -0.39 is 0 Å². The summed E-state index contributed by atoms with van der Waals surface area (Å²) in [5.74, 6) is 0.798. The summed E-state index contributed by atoms with van der Waals surface area (Å²) in [4.78, 5) is 2.78. The minimum absolute atomic E-state index is 0.546. The number of nitrogens with zero attached hydrogens (tertiary/aromatic N) is 1. The standard InChI is InChI=1S/C14H28N2/c1-4-13-6-9-16(11-12(2)10-15-13)14(3)7-5-8-14/h12-13,15H,4-11H2,1-3H3. The van der Waals surface area contributed by atoms with Crippen LogP contribution < -0.4 is 5.32 Å². The highest BCUT2D eigenvalue weighted by atomic mass is 15.2. The van der Waals surface area contributed by atoms with Crippen molar-refractivity contribution in [2.75, 3.05) is 19.6 Å². The molecule has 2 rings (SSSR count). The molecule has 94 valence electrons. The van der Waals surface area contributed by atoms with Gasteiger partial charge in [0.25, 0.3) is 0 Å². The number of hydrogen-bond acceptors (Lipinski definition) is 2. The molecule has 2 unspecified atom stereocenters. The Balaban J connectivity index is 1.96. The minimum Gasteiger partial charge on any atom is -0.314 e. The first-order chi connectivity index (χ1) is 7.64. The number of rotatable bonds is 2. The van der Waals surface area contributed by atoms with Crippen LogP contribution >= 0.6 is 0 Å². The summed E-state index contributed by atoms with van der Waals surface area (Å²) in [5, 5.41) is 3.70. The molecule has 2 nitrogen and oxygen atoms in total. The van der Waals surface area contributed by atoms with Crippen LogP contribution in [0, 0.1) is 5.92 Å². The zero-order valence-corrected chi connectivity index (χ0v) is 11.3. The Hall–Kier alpha value is -0.0800. The van der Waals surface area contributed by atoms with E-state index in [-0.39, 0.29) is 0 Å². The van der Waals surface area contributed by atoms with E-state index in [2.05, 4.69) is 31.0 Å². The van der Waals surface area contributed by atoms with E-state index in [0.29, 0.717) is 5.54 Å². The summed E-state index contributed by atoms with van der Waals surface area (Å²) in [6.07, 6.45) is 6.89. The van der Waals surface area contributed by atoms with Gasteiger partial charge in [-0.05, 0) is 51.5 Å². The lowest BCUT2D eigenvalue weighted by Gasteiger charge is -2.50. The molecule has 1 saturated heterocycles. The van der Waals surface area contributed by atoms with Gasteiger partial charge in [0.15, 0.2) is 0 Å². The fourth-order valence-corrected chi connectivity index (χ4v) is 3.16. The van der Waals surface area contributed by atoms with Gasteiger partial charge in [0.05, 0.1) is 0 Å². The topological polar surface area (TPSA) is 15.3 Å². The van der Waals surface area contributed by atoms with Crippen molar-refractivity contribution in [2.45, 2.75) is 64.5 Å². The van der Waals surface area contributed by atoms with Gasteiger partial charge in [-0.2, -0.15) is 0 Å². The van der Waals surface area contributed by atoms with Gasteiger partial charge in [0, 0.05) is 24.7 Å². The minimum atomic E-state index is 0.546.